The average Bonchev–Trinajstić information content (AvgIpc) is 3.18. The smallest absolute Gasteiger partial charge is 0.244 e. The van der Waals surface area contributed by atoms with Crippen molar-refractivity contribution in [3.8, 4) is 0 Å². The van der Waals surface area contributed by atoms with E-state index in [2.05, 4.69) is 20.2 Å². The number of hydrogen-bond acceptors (Lipinski definition) is 4. The van der Waals surface area contributed by atoms with Crippen molar-refractivity contribution in [3.63, 3.8) is 0 Å². The molecule has 1 aromatic carbocycles. The maximum atomic E-state index is 12.7. The Labute approximate surface area is 165 Å². The Hall–Kier alpha value is -2.57. The van der Waals surface area contributed by atoms with E-state index < -0.39 is 6.04 Å². The first-order chi connectivity index (χ1) is 13.6. The van der Waals surface area contributed by atoms with Gasteiger partial charge in [0.05, 0.1) is 11.0 Å². The van der Waals surface area contributed by atoms with Crippen LogP contribution in [0.4, 0.5) is 5.95 Å². The normalized spacial score (nSPS) is 19.6. The van der Waals surface area contributed by atoms with E-state index in [0.29, 0.717) is 0 Å². The van der Waals surface area contributed by atoms with Crippen LogP contribution in [0.15, 0.2) is 24.3 Å². The van der Waals surface area contributed by atoms with E-state index in [1.807, 2.05) is 29.2 Å². The van der Waals surface area contributed by atoms with Gasteiger partial charge in [0.25, 0.3) is 0 Å². The number of likely N-dealkylation sites (tertiary alicyclic amines) is 1. The van der Waals surface area contributed by atoms with Crippen LogP contribution in [0.25, 0.3) is 11.0 Å². The molecular formula is C21H29N5O2. The molecule has 3 heterocycles. The van der Waals surface area contributed by atoms with E-state index in [0.717, 1.165) is 68.8 Å². The fourth-order valence-corrected chi connectivity index (χ4v) is 4.22. The zero-order chi connectivity index (χ0) is 19.5. The molecule has 2 amide bonds. The lowest BCUT2D eigenvalue weighted by atomic mass is 9.95. The minimum Gasteiger partial charge on any atom is -0.344 e. The van der Waals surface area contributed by atoms with Crippen molar-refractivity contribution in [2.75, 3.05) is 31.1 Å². The number of para-hydroxylation sites is 2. The number of hydrogen-bond donors (Lipinski definition) is 2. The number of nitrogens with one attached hydrogen (secondary N) is 2. The number of benzene rings is 1. The van der Waals surface area contributed by atoms with Gasteiger partial charge in [0, 0.05) is 32.1 Å². The second-order valence-corrected chi connectivity index (χ2v) is 7.96. The summed E-state index contributed by atoms with van der Waals surface area (Å²) in [4.78, 5) is 37.3. The number of imidazole rings is 1. The molecule has 2 saturated heterocycles. The standard InChI is InChI=1S/C21H29N5O2/c1-15(20(28)25-11-5-2-6-12-25)22-19(27)16-9-13-26(14-10-16)21-23-17-7-3-4-8-18(17)24-21/h3-4,7-8,15-16H,2,5-6,9-14H2,1H3,(H,22,27)(H,23,24). The topological polar surface area (TPSA) is 81.3 Å². The number of carbonyl (C=O) groups excluding carboxylic acids is 2. The average molecular weight is 383 g/mol. The molecule has 7 nitrogen and oxygen atoms in total. The van der Waals surface area contributed by atoms with Gasteiger partial charge in [-0.15, -0.1) is 0 Å². The fraction of sp³-hybridized carbons (Fsp3) is 0.571. The van der Waals surface area contributed by atoms with Crippen LogP contribution in [0.2, 0.25) is 0 Å². The van der Waals surface area contributed by atoms with E-state index in [1.165, 1.54) is 6.42 Å². The fourth-order valence-electron chi connectivity index (χ4n) is 4.22. The molecule has 1 atom stereocenters. The number of carbonyl (C=O) groups is 2. The lowest BCUT2D eigenvalue weighted by Crippen LogP contribution is -2.50. The molecule has 2 fully saturated rings. The van der Waals surface area contributed by atoms with Crippen LogP contribution in [-0.2, 0) is 9.59 Å². The number of rotatable bonds is 4. The number of piperidine rings is 2. The minimum atomic E-state index is -0.445. The molecule has 0 aliphatic carbocycles. The molecular weight excluding hydrogens is 354 g/mol. The van der Waals surface area contributed by atoms with E-state index in [9.17, 15) is 9.59 Å². The van der Waals surface area contributed by atoms with E-state index in [-0.39, 0.29) is 17.7 Å². The molecule has 2 N–H and O–H groups in total. The van der Waals surface area contributed by atoms with Gasteiger partial charge in [0.1, 0.15) is 6.04 Å². The molecule has 1 unspecified atom stereocenters. The lowest BCUT2D eigenvalue weighted by Gasteiger charge is -2.33. The molecule has 0 bridgehead atoms. The van der Waals surface area contributed by atoms with Crippen molar-refractivity contribution in [2.45, 2.75) is 45.1 Å². The molecule has 2 aromatic rings. The highest BCUT2D eigenvalue weighted by Gasteiger charge is 2.29. The number of fused-ring (bicyclic) bond motifs is 1. The molecule has 7 heteroatoms. The van der Waals surface area contributed by atoms with Crippen molar-refractivity contribution in [1.29, 1.82) is 0 Å². The van der Waals surface area contributed by atoms with Crippen LogP contribution in [0, 0.1) is 5.92 Å². The summed E-state index contributed by atoms with van der Waals surface area (Å²) in [6.07, 6.45) is 4.86. The summed E-state index contributed by atoms with van der Waals surface area (Å²) < 4.78 is 0. The molecule has 2 aliphatic rings. The van der Waals surface area contributed by atoms with Gasteiger partial charge in [0.2, 0.25) is 17.8 Å². The summed E-state index contributed by atoms with van der Waals surface area (Å²) in [6, 6.07) is 7.55. The van der Waals surface area contributed by atoms with Gasteiger partial charge in [-0.2, -0.15) is 0 Å². The van der Waals surface area contributed by atoms with Crippen molar-refractivity contribution >= 4 is 28.8 Å². The minimum absolute atomic E-state index is 0.00196. The molecule has 150 valence electrons. The van der Waals surface area contributed by atoms with E-state index in [4.69, 9.17) is 0 Å². The molecule has 0 spiro atoms. The van der Waals surface area contributed by atoms with Crippen LogP contribution < -0.4 is 10.2 Å². The number of aromatic nitrogens is 2. The zero-order valence-corrected chi connectivity index (χ0v) is 16.5. The first kappa shape index (κ1) is 18.8. The highest BCUT2D eigenvalue weighted by molar-refractivity contribution is 5.88. The third-order valence-electron chi connectivity index (χ3n) is 5.94. The zero-order valence-electron chi connectivity index (χ0n) is 16.5. The van der Waals surface area contributed by atoms with Gasteiger partial charge < -0.3 is 20.1 Å². The molecule has 0 radical (unpaired) electrons. The van der Waals surface area contributed by atoms with Crippen LogP contribution in [-0.4, -0.2) is 58.9 Å². The summed E-state index contributed by atoms with van der Waals surface area (Å²) >= 11 is 0. The SMILES string of the molecule is CC(NC(=O)C1CCN(c2nc3ccccc3[nH]2)CC1)C(=O)N1CCCCC1. The van der Waals surface area contributed by atoms with Crippen molar-refractivity contribution in [1.82, 2.24) is 20.2 Å². The highest BCUT2D eigenvalue weighted by Crippen LogP contribution is 2.24. The number of anilines is 1. The molecule has 4 rings (SSSR count). The molecule has 28 heavy (non-hydrogen) atoms. The third-order valence-corrected chi connectivity index (χ3v) is 5.94. The quantitative estimate of drug-likeness (QED) is 0.849. The van der Waals surface area contributed by atoms with E-state index in [1.54, 1.807) is 6.92 Å². The first-order valence-electron chi connectivity index (χ1n) is 10.4. The number of aromatic amines is 1. The van der Waals surface area contributed by atoms with Gasteiger partial charge in [-0.05, 0) is 51.2 Å². The Morgan fingerprint density at radius 2 is 1.82 bits per heavy atom. The van der Waals surface area contributed by atoms with Crippen LogP contribution in [0.1, 0.15) is 39.0 Å². The summed E-state index contributed by atoms with van der Waals surface area (Å²) in [5, 5.41) is 2.95. The van der Waals surface area contributed by atoms with Crippen molar-refractivity contribution < 1.29 is 9.59 Å². The predicted molar refractivity (Wildman–Crippen MR) is 109 cm³/mol. The Morgan fingerprint density at radius 1 is 1.11 bits per heavy atom. The Kier molecular flexibility index (Phi) is 5.50. The number of amides is 2. The summed E-state index contributed by atoms with van der Waals surface area (Å²) in [7, 11) is 0. The largest absolute Gasteiger partial charge is 0.344 e. The van der Waals surface area contributed by atoms with Crippen LogP contribution in [0.3, 0.4) is 0 Å². The summed E-state index contributed by atoms with van der Waals surface area (Å²) in [6.45, 7) is 5.00. The third kappa shape index (κ3) is 3.98. The number of H-pyrrole nitrogens is 1. The summed E-state index contributed by atoms with van der Waals surface area (Å²) in [5.74, 6) is 0.876. The predicted octanol–water partition coefficient (Wildman–Crippen LogP) is 2.30. The van der Waals surface area contributed by atoms with Crippen LogP contribution in [0.5, 0.6) is 0 Å². The Bertz CT molecular complexity index is 801. The molecule has 1 aromatic heterocycles. The maximum absolute atomic E-state index is 12.7. The molecule has 0 saturated carbocycles. The second kappa shape index (κ2) is 8.20. The van der Waals surface area contributed by atoms with Gasteiger partial charge in [-0.3, -0.25) is 9.59 Å². The second-order valence-electron chi connectivity index (χ2n) is 7.96. The van der Waals surface area contributed by atoms with Crippen molar-refractivity contribution in [3.05, 3.63) is 24.3 Å². The monoisotopic (exact) mass is 383 g/mol. The van der Waals surface area contributed by atoms with Gasteiger partial charge in [-0.25, -0.2) is 4.98 Å². The van der Waals surface area contributed by atoms with Gasteiger partial charge >= 0.3 is 0 Å². The molecule has 2 aliphatic heterocycles. The summed E-state index contributed by atoms with van der Waals surface area (Å²) in [5.41, 5.74) is 1.99. The Morgan fingerprint density at radius 3 is 2.54 bits per heavy atom. The highest BCUT2D eigenvalue weighted by atomic mass is 16.2. The first-order valence-corrected chi connectivity index (χ1v) is 10.4. The Balaban J connectivity index is 1.29. The van der Waals surface area contributed by atoms with Crippen molar-refractivity contribution in [2.24, 2.45) is 5.92 Å². The van der Waals surface area contributed by atoms with Gasteiger partial charge in [-0.1, -0.05) is 12.1 Å². The van der Waals surface area contributed by atoms with Crippen LogP contribution >= 0.6 is 0 Å². The lowest BCUT2D eigenvalue weighted by molar-refractivity contribution is -0.137. The number of nitrogens with zero attached hydrogens (tertiary/aromatic N) is 3. The van der Waals surface area contributed by atoms with E-state index >= 15 is 0 Å². The maximum Gasteiger partial charge on any atom is 0.244 e. The van der Waals surface area contributed by atoms with Gasteiger partial charge in [0.15, 0.2) is 0 Å².